The molecular formula is C12H12ClN3S. The maximum absolute atomic E-state index is 5.83. The van der Waals surface area contributed by atoms with Gasteiger partial charge in [0.1, 0.15) is 0 Å². The van der Waals surface area contributed by atoms with E-state index in [0.29, 0.717) is 5.95 Å². The van der Waals surface area contributed by atoms with Gasteiger partial charge in [-0.1, -0.05) is 23.7 Å². The third-order valence-corrected chi connectivity index (χ3v) is 2.70. The van der Waals surface area contributed by atoms with Crippen LogP contribution < -0.4 is 5.32 Å². The second-order valence-electron chi connectivity index (χ2n) is 3.45. The van der Waals surface area contributed by atoms with E-state index in [1.807, 2.05) is 24.3 Å². The monoisotopic (exact) mass is 265 g/mol. The standard InChI is InChI=1S/C12H12ClN3S/c13-11-3-1-9(2-4-11)10-7-15-12(16-8-10)14-5-6-17/h1-4,7-8,17H,5-6H2,(H,14,15,16). The highest BCUT2D eigenvalue weighted by molar-refractivity contribution is 7.80. The molecule has 1 heterocycles. The summed E-state index contributed by atoms with van der Waals surface area (Å²) in [6.07, 6.45) is 3.58. The third kappa shape index (κ3) is 3.35. The molecule has 1 aromatic heterocycles. The molecule has 0 unspecified atom stereocenters. The van der Waals surface area contributed by atoms with Crippen LogP contribution in [0.25, 0.3) is 11.1 Å². The summed E-state index contributed by atoms with van der Waals surface area (Å²) in [6.45, 7) is 0.753. The molecule has 0 aliphatic carbocycles. The SMILES string of the molecule is SCCNc1ncc(-c2ccc(Cl)cc2)cn1. The van der Waals surface area contributed by atoms with E-state index in [9.17, 15) is 0 Å². The van der Waals surface area contributed by atoms with Crippen molar-refractivity contribution in [1.82, 2.24) is 9.97 Å². The Morgan fingerprint density at radius 3 is 2.29 bits per heavy atom. The topological polar surface area (TPSA) is 37.8 Å². The van der Waals surface area contributed by atoms with Gasteiger partial charge in [0, 0.05) is 35.3 Å². The Labute approximate surface area is 111 Å². The molecule has 0 aliphatic heterocycles. The van der Waals surface area contributed by atoms with Crippen LogP contribution >= 0.6 is 24.2 Å². The van der Waals surface area contributed by atoms with Gasteiger partial charge in [0.2, 0.25) is 5.95 Å². The van der Waals surface area contributed by atoms with E-state index in [-0.39, 0.29) is 0 Å². The van der Waals surface area contributed by atoms with Crippen LogP contribution in [-0.2, 0) is 0 Å². The molecule has 0 amide bonds. The van der Waals surface area contributed by atoms with Crippen LogP contribution in [0, 0.1) is 0 Å². The summed E-state index contributed by atoms with van der Waals surface area (Å²) in [6, 6.07) is 7.59. The first-order valence-corrected chi connectivity index (χ1v) is 6.23. The molecule has 0 atom stereocenters. The highest BCUT2D eigenvalue weighted by atomic mass is 35.5. The van der Waals surface area contributed by atoms with Crippen molar-refractivity contribution in [3.8, 4) is 11.1 Å². The van der Waals surface area contributed by atoms with Crippen molar-refractivity contribution in [1.29, 1.82) is 0 Å². The molecule has 88 valence electrons. The maximum Gasteiger partial charge on any atom is 0.222 e. The summed E-state index contributed by atoms with van der Waals surface area (Å²) in [4.78, 5) is 8.45. The fourth-order valence-electron chi connectivity index (χ4n) is 1.38. The maximum atomic E-state index is 5.83. The second-order valence-corrected chi connectivity index (χ2v) is 4.34. The van der Waals surface area contributed by atoms with E-state index in [1.54, 1.807) is 12.4 Å². The Kier molecular flexibility index (Phi) is 4.23. The molecule has 5 heteroatoms. The highest BCUT2D eigenvalue weighted by Gasteiger charge is 2.00. The molecular weight excluding hydrogens is 254 g/mol. The van der Waals surface area contributed by atoms with Crippen molar-refractivity contribution in [2.24, 2.45) is 0 Å². The second kappa shape index (κ2) is 5.89. The predicted molar refractivity (Wildman–Crippen MR) is 74.8 cm³/mol. The van der Waals surface area contributed by atoms with E-state index >= 15 is 0 Å². The Bertz CT molecular complexity index is 470. The molecule has 0 saturated heterocycles. The first kappa shape index (κ1) is 12.2. The van der Waals surface area contributed by atoms with E-state index in [0.717, 1.165) is 28.4 Å². The van der Waals surface area contributed by atoms with Gasteiger partial charge in [-0.05, 0) is 17.7 Å². The number of thiol groups is 1. The van der Waals surface area contributed by atoms with Gasteiger partial charge in [0.15, 0.2) is 0 Å². The summed E-state index contributed by atoms with van der Waals surface area (Å²) in [7, 11) is 0. The number of nitrogens with zero attached hydrogens (tertiary/aromatic N) is 2. The van der Waals surface area contributed by atoms with Gasteiger partial charge in [0.05, 0.1) is 0 Å². The number of hydrogen-bond acceptors (Lipinski definition) is 4. The first-order chi connectivity index (χ1) is 8.29. The molecule has 0 aliphatic rings. The molecule has 0 fully saturated rings. The summed E-state index contributed by atoms with van der Waals surface area (Å²) < 4.78 is 0. The van der Waals surface area contributed by atoms with E-state index < -0.39 is 0 Å². The lowest BCUT2D eigenvalue weighted by Gasteiger charge is -2.04. The number of anilines is 1. The minimum Gasteiger partial charge on any atom is -0.353 e. The number of aromatic nitrogens is 2. The minimum atomic E-state index is 0.622. The average Bonchev–Trinajstić information content (AvgIpc) is 2.38. The average molecular weight is 266 g/mol. The van der Waals surface area contributed by atoms with Gasteiger partial charge >= 0.3 is 0 Å². The lowest BCUT2D eigenvalue weighted by Crippen LogP contribution is -2.05. The van der Waals surface area contributed by atoms with Crippen molar-refractivity contribution in [2.75, 3.05) is 17.6 Å². The lowest BCUT2D eigenvalue weighted by atomic mass is 10.1. The quantitative estimate of drug-likeness (QED) is 0.834. The van der Waals surface area contributed by atoms with Crippen molar-refractivity contribution in [2.45, 2.75) is 0 Å². The van der Waals surface area contributed by atoms with Crippen molar-refractivity contribution in [3.05, 3.63) is 41.7 Å². The molecule has 1 N–H and O–H groups in total. The van der Waals surface area contributed by atoms with Gasteiger partial charge < -0.3 is 5.32 Å². The lowest BCUT2D eigenvalue weighted by molar-refractivity contribution is 1.09. The Morgan fingerprint density at radius 2 is 1.71 bits per heavy atom. The number of nitrogens with one attached hydrogen (secondary N) is 1. The fourth-order valence-corrected chi connectivity index (χ4v) is 1.62. The minimum absolute atomic E-state index is 0.622. The summed E-state index contributed by atoms with van der Waals surface area (Å²) >= 11 is 9.94. The van der Waals surface area contributed by atoms with Gasteiger partial charge in [-0.15, -0.1) is 0 Å². The Morgan fingerprint density at radius 1 is 1.06 bits per heavy atom. The van der Waals surface area contributed by atoms with Gasteiger partial charge in [-0.3, -0.25) is 0 Å². The Hall–Kier alpha value is -1.26. The van der Waals surface area contributed by atoms with E-state index in [1.165, 1.54) is 0 Å². The van der Waals surface area contributed by atoms with E-state index in [4.69, 9.17) is 11.6 Å². The molecule has 2 aromatic rings. The number of rotatable bonds is 4. The van der Waals surface area contributed by atoms with Crippen LogP contribution in [0.15, 0.2) is 36.7 Å². The summed E-state index contributed by atoms with van der Waals surface area (Å²) in [5, 5.41) is 3.79. The van der Waals surface area contributed by atoms with Crippen LogP contribution in [0.3, 0.4) is 0 Å². The molecule has 17 heavy (non-hydrogen) atoms. The number of halogens is 1. The largest absolute Gasteiger partial charge is 0.353 e. The van der Waals surface area contributed by atoms with Crippen molar-refractivity contribution < 1.29 is 0 Å². The van der Waals surface area contributed by atoms with Crippen LogP contribution in [0.4, 0.5) is 5.95 Å². The van der Waals surface area contributed by atoms with Crippen LogP contribution in [0.1, 0.15) is 0 Å². The van der Waals surface area contributed by atoms with Crippen LogP contribution in [0.5, 0.6) is 0 Å². The number of hydrogen-bond donors (Lipinski definition) is 2. The molecule has 3 nitrogen and oxygen atoms in total. The zero-order chi connectivity index (χ0) is 12.1. The smallest absolute Gasteiger partial charge is 0.222 e. The fraction of sp³-hybridized carbons (Fsp3) is 0.167. The Balaban J connectivity index is 2.14. The van der Waals surface area contributed by atoms with Crippen LogP contribution in [-0.4, -0.2) is 22.3 Å². The molecule has 0 bridgehead atoms. The highest BCUT2D eigenvalue weighted by Crippen LogP contribution is 2.20. The zero-order valence-electron chi connectivity index (χ0n) is 9.10. The number of benzene rings is 1. The van der Waals surface area contributed by atoms with E-state index in [2.05, 4.69) is 27.9 Å². The molecule has 0 spiro atoms. The van der Waals surface area contributed by atoms with Gasteiger partial charge in [0.25, 0.3) is 0 Å². The zero-order valence-corrected chi connectivity index (χ0v) is 10.7. The molecule has 0 saturated carbocycles. The van der Waals surface area contributed by atoms with Crippen molar-refractivity contribution >= 4 is 30.2 Å². The molecule has 0 radical (unpaired) electrons. The van der Waals surface area contributed by atoms with Crippen LogP contribution in [0.2, 0.25) is 5.02 Å². The first-order valence-electron chi connectivity index (χ1n) is 5.22. The molecule has 1 aromatic carbocycles. The normalized spacial score (nSPS) is 10.2. The predicted octanol–water partition coefficient (Wildman–Crippen LogP) is 3.14. The van der Waals surface area contributed by atoms with Crippen molar-refractivity contribution in [3.63, 3.8) is 0 Å². The van der Waals surface area contributed by atoms with Gasteiger partial charge in [-0.25, -0.2) is 9.97 Å². The molecule has 2 rings (SSSR count). The summed E-state index contributed by atoms with van der Waals surface area (Å²) in [5.41, 5.74) is 2.02. The van der Waals surface area contributed by atoms with Gasteiger partial charge in [-0.2, -0.15) is 12.6 Å². The summed E-state index contributed by atoms with van der Waals surface area (Å²) in [5.74, 6) is 1.37. The third-order valence-electron chi connectivity index (χ3n) is 2.22.